The van der Waals surface area contributed by atoms with Crippen molar-refractivity contribution in [3.63, 3.8) is 0 Å². The summed E-state index contributed by atoms with van der Waals surface area (Å²) in [6, 6.07) is 0. The Morgan fingerprint density at radius 3 is 2.79 bits per heavy atom. The molecule has 0 amide bonds. The van der Waals surface area contributed by atoms with Crippen LogP contribution < -0.4 is 17.2 Å². The highest BCUT2D eigenvalue weighted by Crippen LogP contribution is 2.27. The molecule has 0 aromatic carbocycles. The first-order valence-electron chi connectivity index (χ1n) is 4.88. The highest BCUT2D eigenvalue weighted by Gasteiger charge is 2.26. The molecular formula is C10H19N3O. The van der Waals surface area contributed by atoms with Crippen molar-refractivity contribution in [2.24, 2.45) is 17.2 Å². The van der Waals surface area contributed by atoms with Gasteiger partial charge in [0.1, 0.15) is 0 Å². The number of rotatable bonds is 4. The van der Waals surface area contributed by atoms with Crippen molar-refractivity contribution < 1.29 is 5.11 Å². The van der Waals surface area contributed by atoms with Gasteiger partial charge in [-0.05, 0) is 37.5 Å². The Hall–Kier alpha value is -0.840. The highest BCUT2D eigenvalue weighted by atomic mass is 16.3. The molecule has 0 saturated carbocycles. The molecule has 4 heteroatoms. The first-order valence-corrected chi connectivity index (χ1v) is 4.88. The summed E-state index contributed by atoms with van der Waals surface area (Å²) in [4.78, 5) is 0. The molecule has 1 rings (SSSR count). The van der Waals surface area contributed by atoms with Crippen molar-refractivity contribution in [2.75, 3.05) is 13.2 Å². The minimum atomic E-state index is -0.442. The molecule has 0 radical (unpaired) electrons. The third kappa shape index (κ3) is 2.57. The third-order valence-corrected chi connectivity index (χ3v) is 2.57. The van der Waals surface area contributed by atoms with E-state index in [1.807, 2.05) is 12.2 Å². The number of nitrogens with two attached hydrogens (primary N) is 3. The molecule has 80 valence electrons. The third-order valence-electron chi connectivity index (χ3n) is 2.57. The molecule has 0 aliphatic heterocycles. The van der Waals surface area contributed by atoms with Crippen molar-refractivity contribution in [1.29, 1.82) is 0 Å². The summed E-state index contributed by atoms with van der Waals surface area (Å²) >= 11 is 0. The predicted molar refractivity (Wildman–Crippen MR) is 57.3 cm³/mol. The lowest BCUT2D eigenvalue weighted by Gasteiger charge is -2.30. The molecule has 0 aromatic heterocycles. The van der Waals surface area contributed by atoms with E-state index in [1.165, 1.54) is 0 Å². The van der Waals surface area contributed by atoms with Crippen LogP contribution in [-0.4, -0.2) is 23.8 Å². The second-order valence-corrected chi connectivity index (χ2v) is 3.81. The van der Waals surface area contributed by atoms with Crippen LogP contribution in [0, 0.1) is 0 Å². The first kappa shape index (κ1) is 11.2. The molecule has 1 atom stereocenters. The minimum absolute atomic E-state index is 0.0939. The summed E-state index contributed by atoms with van der Waals surface area (Å²) in [5.41, 5.74) is 18.8. The van der Waals surface area contributed by atoms with E-state index in [-0.39, 0.29) is 6.61 Å². The Labute approximate surface area is 84.5 Å². The Bertz CT molecular complexity index is 260. The maximum Gasteiger partial charge on any atom is 0.0451 e. The van der Waals surface area contributed by atoms with E-state index in [9.17, 15) is 0 Å². The zero-order valence-electron chi connectivity index (χ0n) is 8.37. The second kappa shape index (κ2) is 4.59. The molecule has 0 spiro atoms. The summed E-state index contributed by atoms with van der Waals surface area (Å²) in [5.74, 6) is 0. The molecule has 0 fully saturated rings. The van der Waals surface area contributed by atoms with E-state index >= 15 is 0 Å². The van der Waals surface area contributed by atoms with Gasteiger partial charge in [0.15, 0.2) is 0 Å². The molecule has 1 aliphatic rings. The summed E-state index contributed by atoms with van der Waals surface area (Å²) < 4.78 is 0. The highest BCUT2D eigenvalue weighted by molar-refractivity contribution is 5.33. The van der Waals surface area contributed by atoms with E-state index in [0.717, 1.165) is 17.7 Å². The lowest BCUT2D eigenvalue weighted by Crippen LogP contribution is -2.41. The summed E-state index contributed by atoms with van der Waals surface area (Å²) in [5, 5.41) is 8.88. The molecule has 1 aliphatic carbocycles. The van der Waals surface area contributed by atoms with Crippen molar-refractivity contribution in [3.05, 3.63) is 23.4 Å². The monoisotopic (exact) mass is 197 g/mol. The maximum atomic E-state index is 8.88. The van der Waals surface area contributed by atoms with Crippen molar-refractivity contribution in [2.45, 2.75) is 24.8 Å². The largest absolute Gasteiger partial charge is 0.399 e. The maximum absolute atomic E-state index is 8.88. The fraction of sp³-hybridized carbons (Fsp3) is 0.600. The SMILES string of the molecule is NCCC1=C(N)C=CC(N)(CCO)C1. The molecule has 4 nitrogen and oxygen atoms in total. The van der Waals surface area contributed by atoms with Crippen LogP contribution in [0.2, 0.25) is 0 Å². The van der Waals surface area contributed by atoms with Gasteiger partial charge in [0.25, 0.3) is 0 Å². The van der Waals surface area contributed by atoms with Crippen molar-refractivity contribution >= 4 is 0 Å². The number of hydrogen-bond donors (Lipinski definition) is 4. The molecule has 7 N–H and O–H groups in total. The summed E-state index contributed by atoms with van der Waals surface area (Å²) in [6.45, 7) is 0.676. The van der Waals surface area contributed by atoms with Crippen LogP contribution in [0.25, 0.3) is 0 Å². The zero-order chi connectivity index (χ0) is 10.6. The van der Waals surface area contributed by atoms with Gasteiger partial charge in [-0.3, -0.25) is 0 Å². The van der Waals surface area contributed by atoms with Gasteiger partial charge in [0.05, 0.1) is 0 Å². The van der Waals surface area contributed by atoms with Crippen LogP contribution in [0.5, 0.6) is 0 Å². The van der Waals surface area contributed by atoms with Gasteiger partial charge < -0.3 is 22.3 Å². The van der Waals surface area contributed by atoms with Crippen LogP contribution in [0.1, 0.15) is 19.3 Å². The molecule has 1 unspecified atom stereocenters. The topological polar surface area (TPSA) is 98.3 Å². The Balaban J connectivity index is 2.72. The van der Waals surface area contributed by atoms with Gasteiger partial charge in [0, 0.05) is 17.8 Å². The molecule has 0 aromatic rings. The number of hydrogen-bond acceptors (Lipinski definition) is 4. The van der Waals surface area contributed by atoms with Crippen molar-refractivity contribution in [1.82, 2.24) is 0 Å². The Morgan fingerprint density at radius 2 is 2.21 bits per heavy atom. The second-order valence-electron chi connectivity index (χ2n) is 3.81. The van der Waals surface area contributed by atoms with E-state index in [1.54, 1.807) is 0 Å². The fourth-order valence-corrected chi connectivity index (χ4v) is 1.72. The average Bonchev–Trinajstić information content (AvgIpc) is 2.13. The quantitative estimate of drug-likeness (QED) is 0.492. The van der Waals surface area contributed by atoms with Gasteiger partial charge in [-0.1, -0.05) is 6.08 Å². The van der Waals surface area contributed by atoms with Crippen LogP contribution >= 0.6 is 0 Å². The minimum Gasteiger partial charge on any atom is -0.399 e. The molecular weight excluding hydrogens is 178 g/mol. The van der Waals surface area contributed by atoms with Crippen LogP contribution in [0.3, 0.4) is 0 Å². The lowest BCUT2D eigenvalue weighted by atomic mass is 9.83. The van der Waals surface area contributed by atoms with Crippen LogP contribution in [0.4, 0.5) is 0 Å². The lowest BCUT2D eigenvalue weighted by molar-refractivity contribution is 0.255. The summed E-state index contributed by atoms with van der Waals surface area (Å²) in [7, 11) is 0. The van der Waals surface area contributed by atoms with Gasteiger partial charge >= 0.3 is 0 Å². The van der Waals surface area contributed by atoms with Gasteiger partial charge in [0.2, 0.25) is 0 Å². The fourth-order valence-electron chi connectivity index (χ4n) is 1.72. The molecule has 0 heterocycles. The van der Waals surface area contributed by atoms with Gasteiger partial charge in [-0.25, -0.2) is 0 Å². The standard InChI is InChI=1S/C10H19N3O/c11-5-2-8-7-10(13,4-6-14)3-1-9(8)12/h1,3,14H,2,4-7,11-13H2. The van der Waals surface area contributed by atoms with Crippen molar-refractivity contribution in [3.8, 4) is 0 Å². The number of aliphatic hydroxyl groups is 1. The molecule has 0 bridgehead atoms. The van der Waals surface area contributed by atoms with E-state index in [0.29, 0.717) is 19.4 Å². The summed E-state index contributed by atoms with van der Waals surface area (Å²) in [6.07, 6.45) is 5.74. The van der Waals surface area contributed by atoms with Gasteiger partial charge in [-0.2, -0.15) is 0 Å². The number of aliphatic hydroxyl groups excluding tert-OH is 1. The van der Waals surface area contributed by atoms with Gasteiger partial charge in [-0.15, -0.1) is 0 Å². The average molecular weight is 197 g/mol. The molecule has 14 heavy (non-hydrogen) atoms. The normalized spacial score (nSPS) is 27.1. The van der Waals surface area contributed by atoms with E-state index < -0.39 is 5.54 Å². The van der Waals surface area contributed by atoms with E-state index in [2.05, 4.69) is 0 Å². The smallest absolute Gasteiger partial charge is 0.0451 e. The Morgan fingerprint density at radius 1 is 1.50 bits per heavy atom. The molecule has 0 saturated heterocycles. The van der Waals surface area contributed by atoms with E-state index in [4.69, 9.17) is 22.3 Å². The zero-order valence-corrected chi connectivity index (χ0v) is 8.37. The van der Waals surface area contributed by atoms with Crippen LogP contribution in [0.15, 0.2) is 23.4 Å². The Kier molecular flexibility index (Phi) is 3.69. The van der Waals surface area contributed by atoms with Crippen LogP contribution in [-0.2, 0) is 0 Å². The first-order chi connectivity index (χ1) is 6.61. The number of allylic oxidation sites excluding steroid dienone is 1. The predicted octanol–water partition coefficient (Wildman–Crippen LogP) is -0.412.